The zero-order valence-corrected chi connectivity index (χ0v) is 13.3. The van der Waals surface area contributed by atoms with Crippen LogP contribution in [0.3, 0.4) is 0 Å². The highest BCUT2D eigenvalue weighted by molar-refractivity contribution is 7.90. The molecule has 0 aliphatic rings. The standard InChI is InChI=1S/C14H15ClN4O2S/c1-10-2-8-13(9-3-10)22(20,21)19-14(18-16)17-12-6-4-11(15)5-7-12/h2-9H,16H2,1H3,(H2,17,18,19). The highest BCUT2D eigenvalue weighted by atomic mass is 35.5. The van der Waals surface area contributed by atoms with Crippen LogP contribution in [0.1, 0.15) is 5.56 Å². The van der Waals surface area contributed by atoms with E-state index in [0.717, 1.165) is 5.56 Å². The van der Waals surface area contributed by atoms with Crippen LogP contribution in [0.2, 0.25) is 5.02 Å². The van der Waals surface area contributed by atoms with E-state index in [1.165, 1.54) is 12.1 Å². The number of guanidine groups is 1. The topological polar surface area (TPSA) is 96.6 Å². The van der Waals surface area contributed by atoms with Crippen LogP contribution in [0.25, 0.3) is 0 Å². The third kappa shape index (κ3) is 4.20. The Balaban J connectivity index is 2.27. The Hall–Kier alpha value is -2.09. The Morgan fingerprint density at radius 2 is 1.68 bits per heavy atom. The van der Waals surface area contributed by atoms with Crippen molar-refractivity contribution in [3.8, 4) is 0 Å². The van der Waals surface area contributed by atoms with E-state index in [4.69, 9.17) is 17.4 Å². The molecule has 0 bridgehead atoms. The first kappa shape index (κ1) is 16.3. The summed E-state index contributed by atoms with van der Waals surface area (Å²) in [6.07, 6.45) is 0. The van der Waals surface area contributed by atoms with Gasteiger partial charge in [-0.2, -0.15) is 8.42 Å². The Kier molecular flexibility index (Phi) is 5.02. The predicted molar refractivity (Wildman–Crippen MR) is 88.2 cm³/mol. The van der Waals surface area contributed by atoms with E-state index in [1.807, 2.05) is 6.92 Å². The van der Waals surface area contributed by atoms with Crippen molar-refractivity contribution in [2.75, 3.05) is 5.32 Å². The lowest BCUT2D eigenvalue weighted by atomic mass is 10.2. The number of sulfonamides is 1. The fourth-order valence-electron chi connectivity index (χ4n) is 1.64. The minimum absolute atomic E-state index is 0.0868. The lowest BCUT2D eigenvalue weighted by molar-refractivity contribution is 0.597. The maximum Gasteiger partial charge on any atom is 0.285 e. The number of anilines is 1. The van der Waals surface area contributed by atoms with Gasteiger partial charge in [0.1, 0.15) is 0 Å². The summed E-state index contributed by atoms with van der Waals surface area (Å²) in [5.74, 6) is 5.23. The third-order valence-electron chi connectivity index (χ3n) is 2.77. The summed E-state index contributed by atoms with van der Waals surface area (Å²) in [6.45, 7) is 1.87. The van der Waals surface area contributed by atoms with Gasteiger partial charge >= 0.3 is 0 Å². The predicted octanol–water partition coefficient (Wildman–Crippen LogP) is 2.27. The molecule has 0 amide bonds. The quantitative estimate of drug-likeness (QED) is 0.345. The number of hydrogen-bond donors (Lipinski definition) is 3. The molecule has 0 aliphatic carbocycles. The number of benzene rings is 2. The SMILES string of the molecule is Cc1ccc(S(=O)(=O)/N=C(\NN)Nc2ccc(Cl)cc2)cc1. The van der Waals surface area contributed by atoms with Gasteiger partial charge in [-0.25, -0.2) is 5.84 Å². The monoisotopic (exact) mass is 338 g/mol. The van der Waals surface area contributed by atoms with Crippen molar-refractivity contribution in [1.29, 1.82) is 0 Å². The molecule has 116 valence electrons. The molecule has 8 heteroatoms. The maximum atomic E-state index is 12.2. The largest absolute Gasteiger partial charge is 0.324 e. The van der Waals surface area contributed by atoms with Crippen molar-refractivity contribution in [2.24, 2.45) is 10.2 Å². The average molecular weight is 339 g/mol. The minimum Gasteiger partial charge on any atom is -0.324 e. The smallest absolute Gasteiger partial charge is 0.285 e. The molecule has 0 fully saturated rings. The second-order valence-corrected chi connectivity index (χ2v) is 6.54. The van der Waals surface area contributed by atoms with Crippen LogP contribution in [-0.4, -0.2) is 14.4 Å². The molecule has 2 aromatic rings. The van der Waals surface area contributed by atoms with Crippen LogP contribution < -0.4 is 16.6 Å². The fraction of sp³-hybridized carbons (Fsp3) is 0.0714. The maximum absolute atomic E-state index is 12.2. The second-order valence-electron chi connectivity index (χ2n) is 4.50. The molecule has 0 heterocycles. The van der Waals surface area contributed by atoms with Gasteiger partial charge in [0.2, 0.25) is 5.96 Å². The van der Waals surface area contributed by atoms with Gasteiger partial charge in [0.25, 0.3) is 10.0 Å². The van der Waals surface area contributed by atoms with Crippen LogP contribution in [0.4, 0.5) is 5.69 Å². The highest BCUT2D eigenvalue weighted by Gasteiger charge is 2.14. The number of halogens is 1. The summed E-state index contributed by atoms with van der Waals surface area (Å²) >= 11 is 5.79. The molecule has 0 saturated heterocycles. The van der Waals surface area contributed by atoms with E-state index < -0.39 is 10.0 Å². The zero-order valence-electron chi connectivity index (χ0n) is 11.7. The summed E-state index contributed by atoms with van der Waals surface area (Å²) in [6, 6.07) is 13.0. The molecular weight excluding hydrogens is 324 g/mol. The Morgan fingerprint density at radius 3 is 2.23 bits per heavy atom. The molecule has 0 atom stereocenters. The molecule has 4 N–H and O–H groups in total. The van der Waals surface area contributed by atoms with Crippen LogP contribution in [0, 0.1) is 6.92 Å². The molecule has 6 nitrogen and oxygen atoms in total. The van der Waals surface area contributed by atoms with Crippen molar-refractivity contribution in [2.45, 2.75) is 11.8 Å². The number of nitrogens with zero attached hydrogens (tertiary/aromatic N) is 1. The summed E-state index contributed by atoms with van der Waals surface area (Å²) in [7, 11) is -3.86. The van der Waals surface area contributed by atoms with Crippen LogP contribution in [-0.2, 0) is 10.0 Å². The molecule has 2 rings (SSSR count). The first-order valence-electron chi connectivity index (χ1n) is 6.31. The van der Waals surface area contributed by atoms with Gasteiger partial charge in [0, 0.05) is 10.7 Å². The lowest BCUT2D eigenvalue weighted by Gasteiger charge is -2.09. The summed E-state index contributed by atoms with van der Waals surface area (Å²) in [5.41, 5.74) is 3.78. The molecule has 22 heavy (non-hydrogen) atoms. The van der Waals surface area contributed by atoms with Gasteiger partial charge in [-0.1, -0.05) is 29.3 Å². The molecule has 0 radical (unpaired) electrons. The normalized spacial score (nSPS) is 12.0. The molecule has 0 spiro atoms. The van der Waals surface area contributed by atoms with Crippen molar-refractivity contribution >= 4 is 33.3 Å². The minimum atomic E-state index is -3.86. The van der Waals surface area contributed by atoms with Crippen LogP contribution >= 0.6 is 11.6 Å². The lowest BCUT2D eigenvalue weighted by Crippen LogP contribution is -2.36. The van der Waals surface area contributed by atoms with Gasteiger partial charge in [-0.15, -0.1) is 4.40 Å². The van der Waals surface area contributed by atoms with Gasteiger partial charge in [-0.05, 0) is 43.3 Å². The van der Waals surface area contributed by atoms with Gasteiger partial charge in [-0.3, -0.25) is 5.43 Å². The Bertz CT molecular complexity index is 771. The fourth-order valence-corrected chi connectivity index (χ4v) is 2.69. The highest BCUT2D eigenvalue weighted by Crippen LogP contribution is 2.15. The van der Waals surface area contributed by atoms with Crippen molar-refractivity contribution in [3.05, 3.63) is 59.1 Å². The summed E-state index contributed by atoms with van der Waals surface area (Å²) < 4.78 is 28.1. The molecule has 0 aromatic heterocycles. The van der Waals surface area contributed by atoms with Crippen molar-refractivity contribution in [1.82, 2.24) is 5.43 Å². The zero-order chi connectivity index (χ0) is 16.2. The Morgan fingerprint density at radius 1 is 1.09 bits per heavy atom. The number of nitrogens with one attached hydrogen (secondary N) is 2. The van der Waals surface area contributed by atoms with E-state index in [1.54, 1.807) is 36.4 Å². The number of rotatable bonds is 3. The number of hydrazine groups is 1. The van der Waals surface area contributed by atoms with Crippen molar-refractivity contribution in [3.63, 3.8) is 0 Å². The van der Waals surface area contributed by atoms with E-state index >= 15 is 0 Å². The third-order valence-corrected chi connectivity index (χ3v) is 4.32. The average Bonchev–Trinajstić information content (AvgIpc) is 2.49. The van der Waals surface area contributed by atoms with E-state index in [-0.39, 0.29) is 10.9 Å². The Labute approximate surface area is 134 Å². The molecule has 2 aromatic carbocycles. The molecular formula is C14H15ClN4O2S. The number of hydrogen-bond acceptors (Lipinski definition) is 3. The summed E-state index contributed by atoms with van der Waals surface area (Å²) in [5, 5.41) is 3.34. The van der Waals surface area contributed by atoms with Gasteiger partial charge < -0.3 is 5.32 Å². The van der Waals surface area contributed by atoms with Crippen LogP contribution in [0.15, 0.2) is 57.8 Å². The summed E-state index contributed by atoms with van der Waals surface area (Å²) in [4.78, 5) is 0.0868. The van der Waals surface area contributed by atoms with E-state index in [9.17, 15) is 8.42 Å². The van der Waals surface area contributed by atoms with Crippen molar-refractivity contribution < 1.29 is 8.42 Å². The van der Waals surface area contributed by atoms with Gasteiger partial charge in [0.15, 0.2) is 0 Å². The van der Waals surface area contributed by atoms with E-state index in [0.29, 0.717) is 10.7 Å². The molecule has 0 unspecified atom stereocenters. The van der Waals surface area contributed by atoms with E-state index in [2.05, 4.69) is 15.1 Å². The number of nitrogens with two attached hydrogens (primary N) is 1. The van der Waals surface area contributed by atoms with Gasteiger partial charge in [0.05, 0.1) is 4.90 Å². The first-order valence-corrected chi connectivity index (χ1v) is 8.13. The molecule has 0 aliphatic heterocycles. The number of aryl methyl sites for hydroxylation is 1. The first-order chi connectivity index (χ1) is 10.4. The van der Waals surface area contributed by atoms with Crippen LogP contribution in [0.5, 0.6) is 0 Å². The second kappa shape index (κ2) is 6.78. The molecule has 0 saturated carbocycles.